The molecule has 0 N–H and O–H groups in total. The molecule has 1 rings (SSSR count). The van der Waals surface area contributed by atoms with Crippen LogP contribution in [0.15, 0.2) is 5.11 Å². The molecule has 1 aliphatic heterocycles. The van der Waals surface area contributed by atoms with Crippen molar-refractivity contribution < 1.29 is 14.3 Å². The van der Waals surface area contributed by atoms with E-state index < -0.39 is 17.4 Å². The van der Waals surface area contributed by atoms with Crippen molar-refractivity contribution in [2.24, 2.45) is 5.11 Å². The van der Waals surface area contributed by atoms with Gasteiger partial charge in [-0.25, -0.2) is 4.79 Å². The van der Waals surface area contributed by atoms with Gasteiger partial charge < -0.3 is 9.47 Å². The van der Waals surface area contributed by atoms with Crippen LogP contribution in [0.25, 0.3) is 10.4 Å². The topological polar surface area (TPSA) is 87.5 Å². The Kier molecular flexibility index (Phi) is 4.09. The number of ether oxygens (including phenoxy) is 2. The van der Waals surface area contributed by atoms with Crippen LogP contribution in [-0.4, -0.2) is 41.5 Å². The number of hydrogen-bond donors (Lipinski definition) is 0. The van der Waals surface area contributed by atoms with E-state index in [0.29, 0.717) is 6.61 Å². The fraction of sp³-hybridized carbons (Fsp3) is 0.909. The third kappa shape index (κ3) is 3.51. The van der Waals surface area contributed by atoms with Crippen LogP contribution in [0.1, 0.15) is 34.6 Å². The molecule has 1 heterocycles. The summed E-state index contributed by atoms with van der Waals surface area (Å²) in [4.78, 5) is 16.3. The van der Waals surface area contributed by atoms with Crippen LogP contribution in [-0.2, 0) is 9.47 Å². The summed E-state index contributed by atoms with van der Waals surface area (Å²) < 4.78 is 10.9. The first-order valence-electron chi connectivity index (χ1n) is 5.84. The van der Waals surface area contributed by atoms with Gasteiger partial charge in [-0.1, -0.05) is 5.11 Å². The van der Waals surface area contributed by atoms with Crippen LogP contribution >= 0.6 is 0 Å². The minimum absolute atomic E-state index is 0.180. The van der Waals surface area contributed by atoms with Crippen molar-refractivity contribution >= 4 is 6.09 Å². The van der Waals surface area contributed by atoms with E-state index in [2.05, 4.69) is 10.0 Å². The van der Waals surface area contributed by atoms with Gasteiger partial charge in [0.15, 0.2) is 0 Å². The SMILES string of the molecule is CC(C)(C)OC(=O)N1[C@H](CN=[N+]=[N-])COC1(C)C. The second-order valence-electron chi connectivity index (χ2n) is 5.68. The lowest BCUT2D eigenvalue weighted by Crippen LogP contribution is -2.50. The molecule has 1 amide bonds. The third-order valence-electron chi connectivity index (χ3n) is 2.52. The van der Waals surface area contributed by atoms with Gasteiger partial charge in [-0.15, -0.1) is 0 Å². The predicted molar refractivity (Wildman–Crippen MR) is 65.9 cm³/mol. The molecule has 0 aliphatic carbocycles. The third-order valence-corrected chi connectivity index (χ3v) is 2.52. The number of amides is 1. The van der Waals surface area contributed by atoms with Gasteiger partial charge in [0.25, 0.3) is 0 Å². The predicted octanol–water partition coefficient (Wildman–Crippen LogP) is 2.67. The van der Waals surface area contributed by atoms with Crippen molar-refractivity contribution in [1.82, 2.24) is 4.90 Å². The van der Waals surface area contributed by atoms with Gasteiger partial charge in [0.1, 0.15) is 11.3 Å². The minimum Gasteiger partial charge on any atom is -0.444 e. The number of rotatable bonds is 2. The molecule has 1 aliphatic rings. The molecule has 1 atom stereocenters. The lowest BCUT2D eigenvalue weighted by molar-refractivity contribution is -0.0621. The number of nitrogens with zero attached hydrogens (tertiary/aromatic N) is 4. The van der Waals surface area contributed by atoms with Gasteiger partial charge in [-0.05, 0) is 40.1 Å². The number of hydrogen-bond acceptors (Lipinski definition) is 4. The number of carbonyl (C=O) groups is 1. The molecule has 0 saturated carbocycles. The first kappa shape index (κ1) is 14.6. The molecule has 18 heavy (non-hydrogen) atoms. The van der Waals surface area contributed by atoms with Gasteiger partial charge in [0.05, 0.1) is 12.6 Å². The Balaban J connectivity index is 2.84. The maximum absolute atomic E-state index is 12.1. The molecule has 0 radical (unpaired) electrons. The summed E-state index contributed by atoms with van der Waals surface area (Å²) >= 11 is 0. The highest BCUT2D eigenvalue weighted by molar-refractivity contribution is 5.69. The summed E-state index contributed by atoms with van der Waals surface area (Å²) in [5.74, 6) is 0. The Bertz CT molecular complexity index is 369. The molecule has 0 aromatic rings. The summed E-state index contributed by atoms with van der Waals surface area (Å²) in [5, 5.41) is 3.50. The molecule has 0 bridgehead atoms. The fourth-order valence-electron chi connectivity index (χ4n) is 1.83. The maximum atomic E-state index is 12.1. The van der Waals surface area contributed by atoms with Crippen molar-refractivity contribution in [3.05, 3.63) is 10.4 Å². The van der Waals surface area contributed by atoms with Gasteiger partial charge in [0.2, 0.25) is 0 Å². The molecule has 1 fully saturated rings. The Hall–Kier alpha value is -1.46. The van der Waals surface area contributed by atoms with Gasteiger partial charge >= 0.3 is 6.09 Å². The molecular weight excluding hydrogens is 236 g/mol. The van der Waals surface area contributed by atoms with Crippen molar-refractivity contribution in [3.63, 3.8) is 0 Å². The van der Waals surface area contributed by atoms with Crippen LogP contribution in [0.4, 0.5) is 4.79 Å². The second kappa shape index (κ2) is 5.04. The van der Waals surface area contributed by atoms with Gasteiger partial charge in [0, 0.05) is 11.5 Å². The molecule has 7 heteroatoms. The lowest BCUT2D eigenvalue weighted by atomic mass is 10.2. The van der Waals surface area contributed by atoms with E-state index in [0.717, 1.165) is 0 Å². The first-order valence-corrected chi connectivity index (χ1v) is 5.84. The molecule has 0 unspecified atom stereocenters. The van der Waals surface area contributed by atoms with Crippen LogP contribution in [0.3, 0.4) is 0 Å². The fourth-order valence-corrected chi connectivity index (χ4v) is 1.83. The van der Waals surface area contributed by atoms with E-state index in [4.69, 9.17) is 15.0 Å². The number of carbonyl (C=O) groups excluding carboxylic acids is 1. The average Bonchev–Trinajstić information content (AvgIpc) is 2.48. The summed E-state index contributed by atoms with van der Waals surface area (Å²) in [6.07, 6.45) is -0.455. The second-order valence-corrected chi connectivity index (χ2v) is 5.68. The van der Waals surface area contributed by atoms with Gasteiger partial charge in [-0.2, -0.15) is 0 Å². The van der Waals surface area contributed by atoms with Crippen LogP contribution in [0.5, 0.6) is 0 Å². The zero-order valence-electron chi connectivity index (χ0n) is 11.5. The molecule has 7 nitrogen and oxygen atoms in total. The Morgan fingerprint density at radius 3 is 2.72 bits per heavy atom. The van der Waals surface area contributed by atoms with Crippen molar-refractivity contribution in [1.29, 1.82) is 0 Å². The zero-order valence-corrected chi connectivity index (χ0v) is 11.5. The highest BCUT2D eigenvalue weighted by Crippen LogP contribution is 2.29. The summed E-state index contributed by atoms with van der Waals surface area (Å²) in [7, 11) is 0. The Morgan fingerprint density at radius 1 is 1.61 bits per heavy atom. The highest BCUT2D eigenvalue weighted by Gasteiger charge is 2.45. The standard InChI is InChI=1S/C11H20N4O3/c1-10(2,3)18-9(16)15-8(6-13-14-12)7-17-11(15,4)5/h8H,6-7H2,1-5H3/t8-/m1/s1. The summed E-state index contributed by atoms with van der Waals surface area (Å²) in [6, 6.07) is -0.286. The van der Waals surface area contributed by atoms with Crippen LogP contribution < -0.4 is 0 Å². The monoisotopic (exact) mass is 256 g/mol. The van der Waals surface area contributed by atoms with Crippen molar-refractivity contribution in [2.75, 3.05) is 13.2 Å². The summed E-state index contributed by atoms with van der Waals surface area (Å²) in [5.41, 5.74) is 7.03. The van der Waals surface area contributed by atoms with E-state index >= 15 is 0 Å². The molecule has 0 aromatic carbocycles. The molecular formula is C11H20N4O3. The molecule has 0 aromatic heterocycles. The van der Waals surface area contributed by atoms with Gasteiger partial charge in [-0.3, -0.25) is 4.90 Å². The highest BCUT2D eigenvalue weighted by atomic mass is 16.6. The molecule has 0 spiro atoms. The van der Waals surface area contributed by atoms with E-state index in [9.17, 15) is 4.79 Å². The normalized spacial score (nSPS) is 22.5. The van der Waals surface area contributed by atoms with E-state index in [1.807, 2.05) is 0 Å². The van der Waals surface area contributed by atoms with E-state index in [1.54, 1.807) is 34.6 Å². The van der Waals surface area contributed by atoms with E-state index in [-0.39, 0.29) is 12.6 Å². The Morgan fingerprint density at radius 2 is 2.22 bits per heavy atom. The maximum Gasteiger partial charge on any atom is 0.412 e. The number of azide groups is 1. The quantitative estimate of drug-likeness (QED) is 0.432. The average molecular weight is 256 g/mol. The lowest BCUT2D eigenvalue weighted by Gasteiger charge is -2.34. The molecule has 102 valence electrons. The van der Waals surface area contributed by atoms with Crippen molar-refractivity contribution in [3.8, 4) is 0 Å². The largest absolute Gasteiger partial charge is 0.444 e. The van der Waals surface area contributed by atoms with Crippen molar-refractivity contribution in [2.45, 2.75) is 52.0 Å². The molecule has 1 saturated heterocycles. The smallest absolute Gasteiger partial charge is 0.412 e. The van der Waals surface area contributed by atoms with Crippen LogP contribution in [0, 0.1) is 0 Å². The summed E-state index contributed by atoms with van der Waals surface area (Å²) in [6.45, 7) is 9.50. The zero-order chi connectivity index (χ0) is 14.0. The van der Waals surface area contributed by atoms with Crippen LogP contribution in [0.2, 0.25) is 0 Å². The first-order chi connectivity index (χ1) is 8.17. The van der Waals surface area contributed by atoms with E-state index in [1.165, 1.54) is 4.90 Å². The minimum atomic E-state index is -0.752. The Labute approximate surface area is 107 Å².